The van der Waals surface area contributed by atoms with Gasteiger partial charge >= 0.3 is 0 Å². The lowest BCUT2D eigenvalue weighted by Crippen LogP contribution is -2.35. The molecule has 3 nitrogen and oxygen atoms in total. The van der Waals surface area contributed by atoms with Gasteiger partial charge in [0.2, 0.25) is 0 Å². The third-order valence-electron chi connectivity index (χ3n) is 8.17. The zero-order valence-electron chi connectivity index (χ0n) is 21.7. The summed E-state index contributed by atoms with van der Waals surface area (Å²) >= 11 is 0. The Balaban J connectivity index is 1.48. The molecule has 3 N–H and O–H groups in total. The molecule has 0 aromatic heterocycles. The zero-order chi connectivity index (χ0) is 24.9. The Morgan fingerprint density at radius 2 is 1.86 bits per heavy atom. The van der Waals surface area contributed by atoms with Crippen LogP contribution >= 0.6 is 0 Å². The van der Waals surface area contributed by atoms with Crippen LogP contribution in [0.4, 0.5) is 0 Å². The summed E-state index contributed by atoms with van der Waals surface area (Å²) in [6, 6.07) is 18.8. The lowest BCUT2D eigenvalue weighted by atomic mass is 9.85. The molecule has 3 atom stereocenters. The monoisotopic (exact) mass is 465 g/mol. The Kier molecular flexibility index (Phi) is 6.31. The highest BCUT2D eigenvalue weighted by molar-refractivity contribution is 6.00. The van der Waals surface area contributed by atoms with Gasteiger partial charge in [-0.05, 0) is 102 Å². The van der Waals surface area contributed by atoms with Gasteiger partial charge in [-0.15, -0.1) is 6.58 Å². The number of nitrogens with zero attached hydrogens (tertiary/aromatic N) is 1. The van der Waals surface area contributed by atoms with Crippen LogP contribution in [0.5, 0.6) is 0 Å². The van der Waals surface area contributed by atoms with Crippen molar-refractivity contribution in [2.45, 2.75) is 64.3 Å². The number of allylic oxidation sites excluding steroid dienone is 1. The van der Waals surface area contributed by atoms with Gasteiger partial charge in [0.25, 0.3) is 0 Å². The van der Waals surface area contributed by atoms with Gasteiger partial charge in [-0.3, -0.25) is 10.3 Å². The van der Waals surface area contributed by atoms with Gasteiger partial charge < -0.3 is 5.73 Å². The van der Waals surface area contributed by atoms with E-state index in [1.807, 2.05) is 6.07 Å². The second-order valence-electron chi connectivity index (χ2n) is 11.3. The molecule has 3 aromatic carbocycles. The maximum absolute atomic E-state index is 7.87. The van der Waals surface area contributed by atoms with E-state index in [4.69, 9.17) is 11.1 Å². The van der Waals surface area contributed by atoms with E-state index in [2.05, 4.69) is 81.8 Å². The number of likely N-dealkylation sites (N-methyl/N-ethyl adjacent to an activating group) is 1. The predicted octanol–water partition coefficient (Wildman–Crippen LogP) is 7.09. The molecule has 3 aromatic rings. The maximum atomic E-state index is 7.87. The summed E-state index contributed by atoms with van der Waals surface area (Å²) in [6.45, 7) is 12.1. The average molecular weight is 466 g/mol. The van der Waals surface area contributed by atoms with Crippen molar-refractivity contribution in [1.82, 2.24) is 4.90 Å². The molecule has 0 bridgehead atoms. The lowest BCUT2D eigenvalue weighted by Gasteiger charge is -2.37. The molecule has 0 amide bonds. The summed E-state index contributed by atoms with van der Waals surface area (Å²) in [5.74, 6) is 1.91. The van der Waals surface area contributed by atoms with Crippen LogP contribution in [-0.4, -0.2) is 24.3 Å². The van der Waals surface area contributed by atoms with Crippen LogP contribution in [0.3, 0.4) is 0 Å². The Morgan fingerprint density at radius 1 is 1.09 bits per heavy atom. The average Bonchev–Trinajstić information content (AvgIpc) is 3.62. The summed E-state index contributed by atoms with van der Waals surface area (Å²) in [5, 5.41) is 10.3. The van der Waals surface area contributed by atoms with Gasteiger partial charge in [-0.1, -0.05) is 61.9 Å². The lowest BCUT2D eigenvalue weighted by molar-refractivity contribution is 0.181. The smallest absolute Gasteiger partial charge is 0.122 e. The molecule has 0 radical (unpaired) electrons. The predicted molar refractivity (Wildman–Crippen MR) is 149 cm³/mol. The number of rotatable bonds is 7. The van der Waals surface area contributed by atoms with Gasteiger partial charge in [0, 0.05) is 18.2 Å². The van der Waals surface area contributed by atoms with Gasteiger partial charge in [-0.2, -0.15) is 0 Å². The molecule has 1 fully saturated rings. The molecule has 3 heteroatoms. The fraction of sp³-hybridized carbons (Fsp3) is 0.406. The number of amidine groups is 1. The minimum atomic E-state index is 0.127. The van der Waals surface area contributed by atoms with Crippen LogP contribution in [0.2, 0.25) is 0 Å². The molecular formula is C32H39N3. The Morgan fingerprint density at radius 3 is 2.57 bits per heavy atom. The third kappa shape index (κ3) is 4.67. The van der Waals surface area contributed by atoms with E-state index in [-0.39, 0.29) is 5.84 Å². The van der Waals surface area contributed by atoms with E-state index in [9.17, 15) is 0 Å². The standard InChI is InChI=1S/C32H39N3/c1-19(2)6-7-22-14-26(15-23-10-11-25(32(33)34)17-27(22)23)29-18-28(29)24-9-8-21-12-13-35(5)31(20(3)4)30(21)16-24/h8-11,14-17,20,28-29,31H,1,6-7,12-13,18H2,2-5H3,(H3,33,34). The van der Waals surface area contributed by atoms with Crippen LogP contribution in [0, 0.1) is 11.3 Å². The summed E-state index contributed by atoms with van der Waals surface area (Å²) < 4.78 is 0. The second-order valence-corrected chi connectivity index (χ2v) is 11.3. The molecule has 0 saturated heterocycles. The first-order valence-electron chi connectivity index (χ1n) is 13.1. The van der Waals surface area contributed by atoms with Crippen molar-refractivity contribution in [2.75, 3.05) is 13.6 Å². The van der Waals surface area contributed by atoms with E-state index >= 15 is 0 Å². The van der Waals surface area contributed by atoms with Crippen LogP contribution < -0.4 is 5.73 Å². The van der Waals surface area contributed by atoms with Crippen molar-refractivity contribution in [3.63, 3.8) is 0 Å². The molecule has 1 saturated carbocycles. The molecule has 1 aliphatic carbocycles. The fourth-order valence-electron chi connectivity index (χ4n) is 6.22. The largest absolute Gasteiger partial charge is 0.384 e. The number of fused-ring (bicyclic) bond motifs is 2. The topological polar surface area (TPSA) is 53.1 Å². The van der Waals surface area contributed by atoms with Crippen LogP contribution in [-0.2, 0) is 12.8 Å². The third-order valence-corrected chi connectivity index (χ3v) is 8.17. The molecule has 0 spiro atoms. The minimum Gasteiger partial charge on any atom is -0.384 e. The number of benzene rings is 3. The summed E-state index contributed by atoms with van der Waals surface area (Å²) in [6.07, 6.45) is 4.33. The zero-order valence-corrected chi connectivity index (χ0v) is 21.7. The van der Waals surface area contributed by atoms with Gasteiger partial charge in [0.1, 0.15) is 5.84 Å². The molecule has 2 aliphatic rings. The quantitative estimate of drug-likeness (QED) is 0.222. The molecule has 3 unspecified atom stereocenters. The van der Waals surface area contributed by atoms with E-state index in [1.54, 1.807) is 5.56 Å². The minimum absolute atomic E-state index is 0.127. The highest BCUT2D eigenvalue weighted by Gasteiger charge is 2.40. The summed E-state index contributed by atoms with van der Waals surface area (Å²) in [4.78, 5) is 2.54. The fourth-order valence-corrected chi connectivity index (χ4v) is 6.22. The number of hydrogen-bond donors (Lipinski definition) is 2. The van der Waals surface area contributed by atoms with E-state index < -0.39 is 0 Å². The number of nitrogens with two attached hydrogens (primary N) is 1. The second kappa shape index (κ2) is 9.28. The summed E-state index contributed by atoms with van der Waals surface area (Å²) in [5.41, 5.74) is 15.2. The van der Waals surface area contributed by atoms with Gasteiger partial charge in [-0.25, -0.2) is 0 Å². The first-order chi connectivity index (χ1) is 16.7. The number of nitrogens with one attached hydrogen (secondary N) is 1. The number of hydrogen-bond acceptors (Lipinski definition) is 2. The van der Waals surface area contributed by atoms with E-state index in [0.717, 1.165) is 31.4 Å². The highest BCUT2D eigenvalue weighted by atomic mass is 15.1. The maximum Gasteiger partial charge on any atom is 0.122 e. The van der Waals surface area contributed by atoms with Crippen LogP contribution in [0.15, 0.2) is 60.7 Å². The summed E-state index contributed by atoms with van der Waals surface area (Å²) in [7, 11) is 2.28. The Bertz CT molecular complexity index is 1300. The van der Waals surface area contributed by atoms with Crippen molar-refractivity contribution in [3.05, 3.63) is 94.1 Å². The first kappa shape index (κ1) is 23.8. The Hall–Kier alpha value is -2.91. The Labute approximate surface area is 210 Å². The van der Waals surface area contributed by atoms with Gasteiger partial charge in [0.05, 0.1) is 0 Å². The van der Waals surface area contributed by atoms with Crippen LogP contribution in [0.25, 0.3) is 10.8 Å². The normalized spacial score (nSPS) is 21.8. The molecule has 1 heterocycles. The van der Waals surface area contributed by atoms with Gasteiger partial charge in [0.15, 0.2) is 0 Å². The van der Waals surface area contributed by atoms with Crippen LogP contribution in [0.1, 0.15) is 84.9 Å². The van der Waals surface area contributed by atoms with E-state index in [0.29, 0.717) is 23.8 Å². The number of nitrogen functional groups attached to an aromatic ring is 1. The van der Waals surface area contributed by atoms with E-state index in [1.165, 1.54) is 45.0 Å². The molecule has 182 valence electrons. The van der Waals surface area contributed by atoms with Crippen molar-refractivity contribution in [1.29, 1.82) is 5.41 Å². The molecular weight excluding hydrogens is 426 g/mol. The van der Waals surface area contributed by atoms with Crippen molar-refractivity contribution in [3.8, 4) is 0 Å². The molecule has 5 rings (SSSR count). The first-order valence-corrected chi connectivity index (χ1v) is 13.1. The SMILES string of the molecule is C=C(C)CCc1cc(C2CC2c2ccc3c(c2)C(C(C)C)N(C)CC3)cc2ccc(C(=N)N)cc12. The van der Waals surface area contributed by atoms with Crippen molar-refractivity contribution < 1.29 is 0 Å². The molecule has 1 aliphatic heterocycles. The van der Waals surface area contributed by atoms with Crippen molar-refractivity contribution >= 4 is 16.6 Å². The molecule has 35 heavy (non-hydrogen) atoms. The number of aryl methyl sites for hydroxylation is 1. The van der Waals surface area contributed by atoms with Crippen molar-refractivity contribution in [2.24, 2.45) is 11.7 Å². The highest BCUT2D eigenvalue weighted by Crippen LogP contribution is 2.56.